The van der Waals surface area contributed by atoms with E-state index >= 15 is 0 Å². The molecule has 2 N–H and O–H groups in total. The van der Waals surface area contributed by atoms with Gasteiger partial charge < -0.3 is 10.4 Å². The molecular weight excluding hydrogens is 362 g/mol. The first-order chi connectivity index (χ1) is 12.8. The smallest absolute Gasteiger partial charge is 0.324 e. The van der Waals surface area contributed by atoms with E-state index in [4.69, 9.17) is 5.11 Å². The van der Waals surface area contributed by atoms with E-state index in [0.717, 1.165) is 6.54 Å². The average Bonchev–Trinajstić information content (AvgIpc) is 3.17. The fourth-order valence-electron chi connectivity index (χ4n) is 2.52. The molecule has 2 aromatic rings. The van der Waals surface area contributed by atoms with Crippen LogP contribution in [0.1, 0.15) is 24.4 Å². The number of aromatic hydroxyl groups is 1. The van der Waals surface area contributed by atoms with Gasteiger partial charge in [-0.3, -0.25) is 35.3 Å². The summed E-state index contributed by atoms with van der Waals surface area (Å²) in [4.78, 5) is 31.9. The monoisotopic (exact) mass is 377 g/mol. The SMILES string of the molecule is O=[N+]([O-])c1cc([N+](=O)[O-])c(O)c([N+](=O)[O-])c1.c1cncc(C2CCCN2)c1. The van der Waals surface area contributed by atoms with Crippen LogP contribution in [0.15, 0.2) is 36.7 Å². The number of nitro benzene ring substituents is 3. The molecule has 3 rings (SSSR count). The Bertz CT molecular complexity index is 818. The molecule has 1 fully saturated rings. The van der Waals surface area contributed by atoms with Crippen molar-refractivity contribution in [3.8, 4) is 5.75 Å². The minimum Gasteiger partial charge on any atom is -0.497 e. The third-order valence-electron chi connectivity index (χ3n) is 3.81. The second-order valence-corrected chi connectivity index (χ2v) is 5.54. The van der Waals surface area contributed by atoms with E-state index in [1.165, 1.54) is 18.4 Å². The minimum atomic E-state index is -1.21. The zero-order valence-electron chi connectivity index (χ0n) is 13.8. The summed E-state index contributed by atoms with van der Waals surface area (Å²) >= 11 is 0. The third-order valence-corrected chi connectivity index (χ3v) is 3.81. The maximum absolute atomic E-state index is 10.4. The average molecular weight is 377 g/mol. The van der Waals surface area contributed by atoms with Gasteiger partial charge >= 0.3 is 11.4 Å². The van der Waals surface area contributed by atoms with Crippen LogP contribution in [0.25, 0.3) is 0 Å². The summed E-state index contributed by atoms with van der Waals surface area (Å²) in [5.74, 6) is -1.21. The molecule has 0 saturated carbocycles. The van der Waals surface area contributed by atoms with Crippen molar-refractivity contribution < 1.29 is 19.9 Å². The highest BCUT2D eigenvalue weighted by molar-refractivity contribution is 5.64. The van der Waals surface area contributed by atoms with Crippen LogP contribution in [0.3, 0.4) is 0 Å². The fraction of sp³-hybridized carbons (Fsp3) is 0.267. The third kappa shape index (κ3) is 4.92. The molecule has 1 aromatic carbocycles. The van der Waals surface area contributed by atoms with Gasteiger partial charge in [0.1, 0.15) is 0 Å². The van der Waals surface area contributed by atoms with Crippen LogP contribution < -0.4 is 5.32 Å². The standard InChI is InChI=1S/C9H12N2.C6H3N3O7/c1-3-8(7-10-5-1)9-4-2-6-11-9;10-6-4(8(13)14)1-3(7(11)12)2-5(6)9(15)16/h1,3,5,7,9,11H,2,4,6H2;1-2,10H. The van der Waals surface area contributed by atoms with Gasteiger partial charge in [-0.25, -0.2) is 0 Å². The van der Waals surface area contributed by atoms with Crippen molar-refractivity contribution in [1.29, 1.82) is 0 Å². The second-order valence-electron chi connectivity index (χ2n) is 5.54. The van der Waals surface area contributed by atoms with Gasteiger partial charge in [0.2, 0.25) is 0 Å². The number of phenols is 1. The lowest BCUT2D eigenvalue weighted by Gasteiger charge is -2.08. The molecule has 142 valence electrons. The molecule has 0 radical (unpaired) electrons. The first-order valence-corrected chi connectivity index (χ1v) is 7.74. The number of nitrogens with one attached hydrogen (secondary N) is 1. The molecule has 1 aliphatic rings. The quantitative estimate of drug-likeness (QED) is 0.599. The highest BCUT2D eigenvalue weighted by atomic mass is 16.6. The summed E-state index contributed by atoms with van der Waals surface area (Å²) in [6, 6.07) is 5.58. The Morgan fingerprint density at radius 3 is 2.11 bits per heavy atom. The minimum absolute atomic E-state index is 0.447. The Kier molecular flexibility index (Phi) is 6.27. The first kappa shape index (κ1) is 19.7. The van der Waals surface area contributed by atoms with Gasteiger partial charge in [0.25, 0.3) is 11.4 Å². The van der Waals surface area contributed by atoms with E-state index < -0.39 is 37.6 Å². The number of hydrogen-bond donors (Lipinski definition) is 2. The van der Waals surface area contributed by atoms with Crippen molar-refractivity contribution >= 4 is 17.1 Å². The summed E-state index contributed by atoms with van der Waals surface area (Å²) in [6.07, 6.45) is 6.31. The molecule has 0 aliphatic carbocycles. The van der Waals surface area contributed by atoms with E-state index in [1.54, 1.807) is 0 Å². The molecule has 1 unspecified atom stereocenters. The van der Waals surface area contributed by atoms with Gasteiger partial charge in [-0.05, 0) is 31.0 Å². The normalized spacial score (nSPS) is 15.5. The Hall–Kier alpha value is -3.67. The number of pyridine rings is 1. The predicted molar refractivity (Wildman–Crippen MR) is 92.3 cm³/mol. The molecule has 0 amide bonds. The van der Waals surface area contributed by atoms with Crippen LogP contribution in [-0.2, 0) is 0 Å². The highest BCUT2D eigenvalue weighted by Gasteiger charge is 2.30. The summed E-state index contributed by atoms with van der Waals surface area (Å²) in [6.45, 7) is 1.15. The zero-order chi connectivity index (χ0) is 20.0. The number of hydrogen-bond acceptors (Lipinski definition) is 9. The van der Waals surface area contributed by atoms with Crippen LogP contribution in [-0.4, -0.2) is 31.4 Å². The van der Waals surface area contributed by atoms with E-state index in [0.29, 0.717) is 18.2 Å². The number of nitrogens with zero attached hydrogens (tertiary/aromatic N) is 4. The zero-order valence-corrected chi connectivity index (χ0v) is 13.8. The lowest BCUT2D eigenvalue weighted by Crippen LogP contribution is -2.12. The number of aromatic nitrogens is 1. The van der Waals surface area contributed by atoms with E-state index in [2.05, 4.69) is 16.4 Å². The van der Waals surface area contributed by atoms with Gasteiger partial charge in [0.05, 0.1) is 26.9 Å². The van der Waals surface area contributed by atoms with Gasteiger partial charge in [-0.15, -0.1) is 0 Å². The first-order valence-electron chi connectivity index (χ1n) is 7.74. The number of non-ortho nitro benzene ring substituents is 1. The van der Waals surface area contributed by atoms with Crippen molar-refractivity contribution in [3.63, 3.8) is 0 Å². The molecule has 12 nitrogen and oxygen atoms in total. The van der Waals surface area contributed by atoms with Crippen LogP contribution in [0, 0.1) is 30.3 Å². The fourth-order valence-corrected chi connectivity index (χ4v) is 2.52. The number of phenolic OH excluding ortho intramolecular Hbond substituents is 1. The Morgan fingerprint density at radius 1 is 1.07 bits per heavy atom. The number of rotatable bonds is 4. The van der Waals surface area contributed by atoms with Crippen molar-refractivity contribution in [2.24, 2.45) is 0 Å². The van der Waals surface area contributed by atoms with Crippen molar-refractivity contribution in [2.75, 3.05) is 6.54 Å². The van der Waals surface area contributed by atoms with Crippen LogP contribution in [0.2, 0.25) is 0 Å². The van der Waals surface area contributed by atoms with E-state index in [9.17, 15) is 30.3 Å². The van der Waals surface area contributed by atoms with Gasteiger partial charge in [-0.1, -0.05) is 6.07 Å². The molecule has 1 atom stereocenters. The van der Waals surface area contributed by atoms with Crippen molar-refractivity contribution in [2.45, 2.75) is 18.9 Å². The van der Waals surface area contributed by atoms with Crippen LogP contribution in [0.4, 0.5) is 17.1 Å². The summed E-state index contributed by atoms with van der Waals surface area (Å²) < 4.78 is 0. The summed E-state index contributed by atoms with van der Waals surface area (Å²) in [5, 5.41) is 43.6. The molecule has 27 heavy (non-hydrogen) atoms. The largest absolute Gasteiger partial charge is 0.497 e. The Labute approximate surface area is 151 Å². The molecule has 1 aromatic heterocycles. The van der Waals surface area contributed by atoms with Gasteiger partial charge in [0.15, 0.2) is 0 Å². The van der Waals surface area contributed by atoms with E-state index in [1.807, 2.05) is 18.5 Å². The highest BCUT2D eigenvalue weighted by Crippen LogP contribution is 2.38. The van der Waals surface area contributed by atoms with Gasteiger partial charge in [-0.2, -0.15) is 0 Å². The summed E-state index contributed by atoms with van der Waals surface area (Å²) in [7, 11) is 0. The topological polar surface area (TPSA) is 175 Å². The Morgan fingerprint density at radius 2 is 1.70 bits per heavy atom. The summed E-state index contributed by atoms with van der Waals surface area (Å²) in [5.41, 5.74) is -1.68. The maximum Gasteiger partial charge on any atom is 0.324 e. The van der Waals surface area contributed by atoms with Crippen molar-refractivity contribution in [3.05, 3.63) is 72.6 Å². The van der Waals surface area contributed by atoms with Crippen LogP contribution in [0.5, 0.6) is 5.75 Å². The van der Waals surface area contributed by atoms with Crippen molar-refractivity contribution in [1.82, 2.24) is 10.3 Å². The molecular formula is C15H15N5O7. The lowest BCUT2D eigenvalue weighted by atomic mass is 10.1. The molecule has 12 heteroatoms. The number of benzene rings is 1. The number of nitro groups is 3. The predicted octanol–water partition coefficient (Wildman–Crippen LogP) is 2.62. The molecule has 0 bridgehead atoms. The Balaban J connectivity index is 0.000000206. The maximum atomic E-state index is 10.4. The molecule has 1 aliphatic heterocycles. The van der Waals surface area contributed by atoms with E-state index in [-0.39, 0.29) is 0 Å². The van der Waals surface area contributed by atoms with Crippen LogP contribution >= 0.6 is 0 Å². The molecule has 0 spiro atoms. The molecule has 1 saturated heterocycles. The lowest BCUT2D eigenvalue weighted by molar-refractivity contribution is -0.404. The second kappa shape index (κ2) is 8.62. The molecule has 2 heterocycles. The van der Waals surface area contributed by atoms with Gasteiger partial charge in [0, 0.05) is 18.4 Å².